The second-order valence-corrected chi connectivity index (χ2v) is 8.41. The van der Waals surface area contributed by atoms with Crippen LogP contribution in [-0.4, -0.2) is 43.2 Å². The van der Waals surface area contributed by atoms with Crippen LogP contribution in [0.5, 0.6) is 5.75 Å². The van der Waals surface area contributed by atoms with Gasteiger partial charge in [-0.3, -0.25) is 9.59 Å². The van der Waals surface area contributed by atoms with Gasteiger partial charge in [-0.25, -0.2) is 0 Å². The first kappa shape index (κ1) is 24.3. The standard InChI is InChI=1S/C25H24F2N2O3S/c1-29(2)23(30)16-33-22-11-7-6-10-20(22)24(31)28-19-12-13-21(32-25(26)27)18(15-19)14-17-8-4-3-5-9-17/h3-13,15,25H,14,16H2,1-2H3,(H,28,31). The first-order valence-corrected chi connectivity index (χ1v) is 11.2. The van der Waals surface area contributed by atoms with Crippen molar-refractivity contribution in [1.82, 2.24) is 4.90 Å². The van der Waals surface area contributed by atoms with E-state index in [9.17, 15) is 18.4 Å². The Morgan fingerprint density at radius 1 is 1.00 bits per heavy atom. The molecule has 3 aromatic rings. The van der Waals surface area contributed by atoms with E-state index in [0.717, 1.165) is 5.56 Å². The molecule has 0 aliphatic heterocycles. The summed E-state index contributed by atoms with van der Waals surface area (Å²) in [5.41, 5.74) is 2.33. The third-order valence-corrected chi connectivity index (χ3v) is 5.81. The number of alkyl halides is 2. The average Bonchev–Trinajstić information content (AvgIpc) is 2.79. The molecule has 0 aliphatic carbocycles. The number of amides is 2. The normalized spacial score (nSPS) is 10.7. The van der Waals surface area contributed by atoms with E-state index in [0.29, 0.717) is 28.1 Å². The minimum Gasteiger partial charge on any atom is -0.435 e. The van der Waals surface area contributed by atoms with Gasteiger partial charge >= 0.3 is 6.61 Å². The Balaban J connectivity index is 1.81. The fraction of sp³-hybridized carbons (Fsp3) is 0.200. The Kier molecular flexibility index (Phi) is 8.43. The number of nitrogens with zero attached hydrogens (tertiary/aromatic N) is 1. The molecule has 3 aromatic carbocycles. The van der Waals surface area contributed by atoms with E-state index >= 15 is 0 Å². The van der Waals surface area contributed by atoms with Crippen molar-refractivity contribution < 1.29 is 23.1 Å². The Labute approximate surface area is 195 Å². The van der Waals surface area contributed by atoms with Gasteiger partial charge in [-0.05, 0) is 35.9 Å². The number of carbonyl (C=O) groups excluding carboxylic acids is 2. The fourth-order valence-corrected chi connectivity index (χ4v) is 4.10. The molecule has 0 saturated carbocycles. The first-order valence-electron chi connectivity index (χ1n) is 10.2. The van der Waals surface area contributed by atoms with E-state index < -0.39 is 6.61 Å². The largest absolute Gasteiger partial charge is 0.435 e. The van der Waals surface area contributed by atoms with Crippen LogP contribution >= 0.6 is 11.8 Å². The maximum absolute atomic E-state index is 13.0. The zero-order chi connectivity index (χ0) is 23.8. The quantitative estimate of drug-likeness (QED) is 0.431. The van der Waals surface area contributed by atoms with Crippen LogP contribution in [0.4, 0.5) is 14.5 Å². The fourth-order valence-electron chi connectivity index (χ4n) is 3.07. The summed E-state index contributed by atoms with van der Waals surface area (Å²) in [5, 5.41) is 2.83. The van der Waals surface area contributed by atoms with Gasteiger partial charge in [0.1, 0.15) is 5.75 Å². The molecular weight excluding hydrogens is 446 g/mol. The summed E-state index contributed by atoms with van der Waals surface area (Å²) in [4.78, 5) is 27.1. The van der Waals surface area contributed by atoms with Crippen LogP contribution in [0.2, 0.25) is 0 Å². The molecule has 0 bridgehead atoms. The third-order valence-electron chi connectivity index (χ3n) is 4.75. The van der Waals surface area contributed by atoms with Crippen LogP contribution in [-0.2, 0) is 11.2 Å². The summed E-state index contributed by atoms with van der Waals surface area (Å²) in [5.74, 6) is -0.151. The van der Waals surface area contributed by atoms with Crippen molar-refractivity contribution in [3.63, 3.8) is 0 Å². The Hall–Kier alpha value is -3.39. The van der Waals surface area contributed by atoms with E-state index in [1.807, 2.05) is 30.3 Å². The highest BCUT2D eigenvalue weighted by atomic mass is 32.2. The van der Waals surface area contributed by atoms with Gasteiger partial charge in [0.25, 0.3) is 5.91 Å². The van der Waals surface area contributed by atoms with Crippen molar-refractivity contribution >= 4 is 29.3 Å². The van der Waals surface area contributed by atoms with Gasteiger partial charge in [-0.15, -0.1) is 11.8 Å². The maximum atomic E-state index is 13.0. The highest BCUT2D eigenvalue weighted by Gasteiger charge is 2.16. The summed E-state index contributed by atoms with van der Waals surface area (Å²) in [7, 11) is 3.35. The smallest absolute Gasteiger partial charge is 0.387 e. The van der Waals surface area contributed by atoms with Crippen molar-refractivity contribution in [2.75, 3.05) is 25.2 Å². The number of nitrogens with one attached hydrogen (secondary N) is 1. The molecule has 0 radical (unpaired) electrons. The third kappa shape index (κ3) is 7.05. The summed E-state index contributed by atoms with van der Waals surface area (Å²) < 4.78 is 30.4. The second-order valence-electron chi connectivity index (χ2n) is 7.39. The van der Waals surface area contributed by atoms with Crippen LogP contribution in [0.25, 0.3) is 0 Å². The molecule has 0 spiro atoms. The molecule has 8 heteroatoms. The zero-order valence-corrected chi connectivity index (χ0v) is 19.1. The van der Waals surface area contributed by atoms with Crippen molar-refractivity contribution in [2.24, 2.45) is 0 Å². The molecule has 3 rings (SSSR count). The molecule has 0 saturated heterocycles. The molecule has 33 heavy (non-hydrogen) atoms. The van der Waals surface area contributed by atoms with Gasteiger partial charge in [-0.1, -0.05) is 42.5 Å². The Morgan fingerprint density at radius 3 is 2.39 bits per heavy atom. The predicted octanol–water partition coefficient (Wildman–Crippen LogP) is 5.31. The van der Waals surface area contributed by atoms with E-state index in [4.69, 9.17) is 0 Å². The topological polar surface area (TPSA) is 58.6 Å². The number of hydrogen-bond acceptors (Lipinski definition) is 4. The van der Waals surface area contributed by atoms with E-state index in [1.165, 1.54) is 28.8 Å². The summed E-state index contributed by atoms with van der Waals surface area (Å²) >= 11 is 1.28. The van der Waals surface area contributed by atoms with Crippen LogP contribution in [0.3, 0.4) is 0 Å². The molecule has 0 heterocycles. The van der Waals surface area contributed by atoms with Crippen LogP contribution < -0.4 is 10.1 Å². The molecule has 172 valence electrons. The maximum Gasteiger partial charge on any atom is 0.387 e. The van der Waals surface area contributed by atoms with E-state index in [-0.39, 0.29) is 23.3 Å². The molecule has 0 aromatic heterocycles. The minimum atomic E-state index is -2.95. The molecular formula is C25H24F2N2O3S. The highest BCUT2D eigenvalue weighted by molar-refractivity contribution is 8.00. The molecule has 5 nitrogen and oxygen atoms in total. The number of benzene rings is 3. The lowest BCUT2D eigenvalue weighted by Gasteiger charge is -2.15. The van der Waals surface area contributed by atoms with Gasteiger partial charge < -0.3 is 15.0 Å². The van der Waals surface area contributed by atoms with Gasteiger partial charge in [0.05, 0.1) is 11.3 Å². The zero-order valence-electron chi connectivity index (χ0n) is 18.3. The lowest BCUT2D eigenvalue weighted by atomic mass is 10.0. The number of hydrogen-bond donors (Lipinski definition) is 1. The monoisotopic (exact) mass is 470 g/mol. The lowest BCUT2D eigenvalue weighted by Crippen LogP contribution is -2.23. The van der Waals surface area contributed by atoms with Gasteiger partial charge in [-0.2, -0.15) is 8.78 Å². The van der Waals surface area contributed by atoms with Crippen molar-refractivity contribution in [3.8, 4) is 5.75 Å². The number of halogens is 2. The highest BCUT2D eigenvalue weighted by Crippen LogP contribution is 2.28. The number of carbonyl (C=O) groups is 2. The number of rotatable bonds is 9. The number of ether oxygens (including phenoxy) is 1. The summed E-state index contributed by atoms with van der Waals surface area (Å²) in [6.45, 7) is -2.95. The SMILES string of the molecule is CN(C)C(=O)CSc1ccccc1C(=O)Nc1ccc(OC(F)F)c(Cc2ccccc2)c1. The molecule has 0 fully saturated rings. The van der Waals surface area contributed by atoms with Gasteiger partial charge in [0.2, 0.25) is 5.91 Å². The molecule has 1 N–H and O–H groups in total. The lowest BCUT2D eigenvalue weighted by molar-refractivity contribution is -0.125. The van der Waals surface area contributed by atoms with Crippen LogP contribution in [0.15, 0.2) is 77.7 Å². The van der Waals surface area contributed by atoms with Crippen LogP contribution in [0.1, 0.15) is 21.5 Å². The van der Waals surface area contributed by atoms with Gasteiger partial charge in [0.15, 0.2) is 0 Å². The van der Waals surface area contributed by atoms with Crippen LogP contribution in [0, 0.1) is 0 Å². The molecule has 0 aliphatic rings. The number of thioether (sulfide) groups is 1. The Morgan fingerprint density at radius 2 is 1.70 bits per heavy atom. The molecule has 0 unspecified atom stereocenters. The van der Waals surface area contributed by atoms with E-state index in [2.05, 4.69) is 10.1 Å². The predicted molar refractivity (Wildman–Crippen MR) is 126 cm³/mol. The first-order chi connectivity index (χ1) is 15.8. The summed E-state index contributed by atoms with van der Waals surface area (Å²) in [6, 6.07) is 21.0. The summed E-state index contributed by atoms with van der Waals surface area (Å²) in [6.07, 6.45) is 0.367. The van der Waals surface area contributed by atoms with Gasteiger partial charge in [0, 0.05) is 36.7 Å². The second kappa shape index (κ2) is 11.5. The van der Waals surface area contributed by atoms with Crippen molar-refractivity contribution in [3.05, 3.63) is 89.5 Å². The van der Waals surface area contributed by atoms with Crippen molar-refractivity contribution in [1.29, 1.82) is 0 Å². The average molecular weight is 471 g/mol. The number of anilines is 1. The van der Waals surface area contributed by atoms with Crippen molar-refractivity contribution in [2.45, 2.75) is 17.9 Å². The molecule has 0 atom stereocenters. The Bertz CT molecular complexity index is 1110. The minimum absolute atomic E-state index is 0.0598. The van der Waals surface area contributed by atoms with E-state index in [1.54, 1.807) is 44.4 Å². The molecule has 2 amide bonds.